The number of rotatable bonds is 3. The van der Waals surface area contributed by atoms with Gasteiger partial charge in [-0.1, -0.05) is 24.6 Å². The van der Waals surface area contributed by atoms with Gasteiger partial charge in [-0.05, 0) is 57.4 Å². The topological polar surface area (TPSA) is 46.4 Å². The first kappa shape index (κ1) is 16.2. The summed E-state index contributed by atoms with van der Waals surface area (Å²) in [5.74, 6) is -0.0990. The van der Waals surface area contributed by atoms with Gasteiger partial charge in [0.1, 0.15) is 5.65 Å². The molecule has 0 spiro atoms. The quantitative estimate of drug-likeness (QED) is 0.778. The van der Waals surface area contributed by atoms with E-state index in [9.17, 15) is 4.79 Å². The van der Waals surface area contributed by atoms with Crippen LogP contribution < -0.4 is 5.32 Å². The van der Waals surface area contributed by atoms with Gasteiger partial charge in [0, 0.05) is 17.6 Å². The van der Waals surface area contributed by atoms with Gasteiger partial charge in [-0.25, -0.2) is 4.98 Å². The van der Waals surface area contributed by atoms with Gasteiger partial charge in [-0.2, -0.15) is 0 Å². The third-order valence-corrected chi connectivity index (χ3v) is 4.47. The molecule has 3 rings (SSSR count). The summed E-state index contributed by atoms with van der Waals surface area (Å²) in [6.07, 6.45) is 2.75. The van der Waals surface area contributed by atoms with Crippen molar-refractivity contribution in [2.45, 2.75) is 41.0 Å². The van der Waals surface area contributed by atoms with Crippen molar-refractivity contribution in [2.75, 3.05) is 5.32 Å². The van der Waals surface area contributed by atoms with Crippen LogP contribution in [0.15, 0.2) is 30.5 Å². The minimum atomic E-state index is -0.0990. The SMILES string of the molecule is CCc1nc2ccc(C(=O)Nc3c(C)cc(C)cc3C)cn2c1C. The summed E-state index contributed by atoms with van der Waals surface area (Å²) in [6, 6.07) is 7.89. The number of hydrogen-bond donors (Lipinski definition) is 1. The molecule has 0 aliphatic rings. The molecule has 2 heterocycles. The van der Waals surface area contributed by atoms with Gasteiger partial charge >= 0.3 is 0 Å². The zero-order valence-electron chi connectivity index (χ0n) is 14.9. The lowest BCUT2D eigenvalue weighted by Crippen LogP contribution is -2.14. The van der Waals surface area contributed by atoms with Crippen LogP contribution in [0.4, 0.5) is 5.69 Å². The summed E-state index contributed by atoms with van der Waals surface area (Å²) < 4.78 is 1.99. The smallest absolute Gasteiger partial charge is 0.257 e. The van der Waals surface area contributed by atoms with Crippen LogP contribution in [0.2, 0.25) is 0 Å². The summed E-state index contributed by atoms with van der Waals surface area (Å²) in [5.41, 5.74) is 7.91. The van der Waals surface area contributed by atoms with Crippen molar-refractivity contribution in [1.82, 2.24) is 9.38 Å². The molecule has 124 valence electrons. The first-order chi connectivity index (χ1) is 11.4. The van der Waals surface area contributed by atoms with E-state index in [0.29, 0.717) is 5.56 Å². The molecule has 0 unspecified atom stereocenters. The number of anilines is 1. The highest BCUT2D eigenvalue weighted by Crippen LogP contribution is 2.23. The summed E-state index contributed by atoms with van der Waals surface area (Å²) in [4.78, 5) is 17.3. The molecule has 0 atom stereocenters. The summed E-state index contributed by atoms with van der Waals surface area (Å²) in [6.45, 7) is 10.2. The van der Waals surface area contributed by atoms with E-state index in [1.54, 1.807) is 0 Å². The van der Waals surface area contributed by atoms with Gasteiger partial charge in [0.25, 0.3) is 5.91 Å². The molecule has 0 fully saturated rings. The molecule has 4 heteroatoms. The van der Waals surface area contributed by atoms with Crippen molar-refractivity contribution in [1.29, 1.82) is 0 Å². The van der Waals surface area contributed by atoms with E-state index in [4.69, 9.17) is 0 Å². The molecular formula is C20H23N3O. The predicted molar refractivity (Wildman–Crippen MR) is 97.9 cm³/mol. The number of benzene rings is 1. The molecule has 0 aliphatic heterocycles. The average Bonchev–Trinajstić information content (AvgIpc) is 2.86. The number of aromatic nitrogens is 2. The molecule has 1 N–H and O–H groups in total. The molecule has 0 saturated heterocycles. The van der Waals surface area contributed by atoms with Crippen molar-refractivity contribution in [3.63, 3.8) is 0 Å². The minimum absolute atomic E-state index is 0.0990. The summed E-state index contributed by atoms with van der Waals surface area (Å²) >= 11 is 0. The highest BCUT2D eigenvalue weighted by molar-refractivity contribution is 6.05. The number of nitrogens with zero attached hydrogens (tertiary/aromatic N) is 2. The van der Waals surface area contributed by atoms with E-state index in [0.717, 1.165) is 40.3 Å². The van der Waals surface area contributed by atoms with Gasteiger partial charge < -0.3 is 9.72 Å². The Morgan fingerprint density at radius 2 is 1.79 bits per heavy atom. The highest BCUT2D eigenvalue weighted by Gasteiger charge is 2.13. The fraction of sp³-hybridized carbons (Fsp3) is 0.300. The molecule has 0 bridgehead atoms. The van der Waals surface area contributed by atoms with Crippen LogP contribution in [-0.4, -0.2) is 15.3 Å². The number of carbonyl (C=O) groups excluding carboxylic acids is 1. The fourth-order valence-corrected chi connectivity index (χ4v) is 3.24. The molecule has 0 radical (unpaired) electrons. The van der Waals surface area contributed by atoms with Crippen molar-refractivity contribution >= 4 is 17.2 Å². The van der Waals surface area contributed by atoms with Crippen LogP contribution in [0.25, 0.3) is 5.65 Å². The second-order valence-electron chi connectivity index (χ2n) is 6.37. The molecule has 1 aromatic carbocycles. The number of carbonyl (C=O) groups is 1. The molecule has 4 nitrogen and oxygen atoms in total. The van der Waals surface area contributed by atoms with Crippen molar-refractivity contribution < 1.29 is 4.79 Å². The maximum Gasteiger partial charge on any atom is 0.257 e. The van der Waals surface area contributed by atoms with Crippen molar-refractivity contribution in [3.8, 4) is 0 Å². The first-order valence-electron chi connectivity index (χ1n) is 8.27. The van der Waals surface area contributed by atoms with Gasteiger partial charge in [0.2, 0.25) is 0 Å². The van der Waals surface area contributed by atoms with Crippen LogP contribution >= 0.6 is 0 Å². The molecule has 24 heavy (non-hydrogen) atoms. The Kier molecular flexibility index (Phi) is 4.14. The number of imidazole rings is 1. The van der Waals surface area contributed by atoms with E-state index in [1.165, 1.54) is 5.56 Å². The number of nitrogens with one attached hydrogen (secondary N) is 1. The normalized spacial score (nSPS) is 11.0. The van der Waals surface area contributed by atoms with Gasteiger partial charge in [-0.15, -0.1) is 0 Å². The molecular weight excluding hydrogens is 298 g/mol. The lowest BCUT2D eigenvalue weighted by atomic mass is 10.0. The molecule has 1 amide bonds. The predicted octanol–water partition coefficient (Wildman–Crippen LogP) is 4.38. The maximum absolute atomic E-state index is 12.7. The standard InChI is InChI=1S/C20H23N3O/c1-6-17-15(5)23-11-16(7-8-18(23)21-17)20(24)22-19-13(3)9-12(2)10-14(19)4/h7-11H,6H2,1-5H3,(H,22,24). The highest BCUT2D eigenvalue weighted by atomic mass is 16.1. The van der Waals surface area contributed by atoms with Gasteiger partial charge in [0.15, 0.2) is 0 Å². The second-order valence-corrected chi connectivity index (χ2v) is 6.37. The second kappa shape index (κ2) is 6.11. The van der Waals surface area contributed by atoms with Crippen LogP contribution in [-0.2, 0) is 6.42 Å². The fourth-order valence-electron chi connectivity index (χ4n) is 3.24. The Morgan fingerprint density at radius 3 is 2.42 bits per heavy atom. The third kappa shape index (κ3) is 2.80. The van der Waals surface area contributed by atoms with Crippen LogP contribution in [0.5, 0.6) is 0 Å². The van der Waals surface area contributed by atoms with Crippen LogP contribution in [0.1, 0.15) is 45.4 Å². The summed E-state index contributed by atoms with van der Waals surface area (Å²) in [7, 11) is 0. The number of pyridine rings is 1. The zero-order valence-corrected chi connectivity index (χ0v) is 14.9. The average molecular weight is 321 g/mol. The Morgan fingerprint density at radius 1 is 1.12 bits per heavy atom. The van der Waals surface area contributed by atoms with Gasteiger partial charge in [0.05, 0.1) is 11.3 Å². The monoisotopic (exact) mass is 321 g/mol. The van der Waals surface area contributed by atoms with E-state index < -0.39 is 0 Å². The number of aryl methyl sites for hydroxylation is 5. The Labute approximate surface area is 142 Å². The Bertz CT molecular complexity index is 914. The van der Waals surface area contributed by atoms with Crippen molar-refractivity contribution in [2.24, 2.45) is 0 Å². The van der Waals surface area contributed by atoms with Crippen molar-refractivity contribution in [3.05, 3.63) is 64.1 Å². The molecule has 2 aromatic heterocycles. The van der Waals surface area contributed by atoms with E-state index in [2.05, 4.69) is 36.3 Å². The molecule has 0 saturated carbocycles. The van der Waals surface area contributed by atoms with E-state index >= 15 is 0 Å². The number of amides is 1. The number of hydrogen-bond acceptors (Lipinski definition) is 2. The number of fused-ring (bicyclic) bond motifs is 1. The lowest BCUT2D eigenvalue weighted by molar-refractivity contribution is 0.102. The first-order valence-corrected chi connectivity index (χ1v) is 8.27. The summed E-state index contributed by atoms with van der Waals surface area (Å²) in [5, 5.41) is 3.05. The maximum atomic E-state index is 12.7. The van der Waals surface area contributed by atoms with E-state index in [1.807, 2.05) is 43.5 Å². The Hall–Kier alpha value is -2.62. The lowest BCUT2D eigenvalue weighted by Gasteiger charge is -2.13. The zero-order chi connectivity index (χ0) is 17.4. The van der Waals surface area contributed by atoms with Crippen LogP contribution in [0, 0.1) is 27.7 Å². The molecule has 0 aliphatic carbocycles. The van der Waals surface area contributed by atoms with E-state index in [-0.39, 0.29) is 5.91 Å². The minimum Gasteiger partial charge on any atom is -0.321 e. The Balaban J connectivity index is 1.96. The largest absolute Gasteiger partial charge is 0.321 e. The van der Waals surface area contributed by atoms with Gasteiger partial charge in [-0.3, -0.25) is 4.79 Å². The molecule has 3 aromatic rings. The third-order valence-electron chi connectivity index (χ3n) is 4.47. The van der Waals surface area contributed by atoms with Crippen LogP contribution in [0.3, 0.4) is 0 Å².